The summed E-state index contributed by atoms with van der Waals surface area (Å²) in [5.74, 6) is 5.57. The number of nitrogens with zero attached hydrogens (tertiary/aromatic N) is 4. The summed E-state index contributed by atoms with van der Waals surface area (Å²) in [6.07, 6.45) is 3.44. The Kier molecular flexibility index (Phi) is 7.98. The van der Waals surface area contributed by atoms with Gasteiger partial charge in [-0.15, -0.1) is 12.4 Å². The van der Waals surface area contributed by atoms with E-state index < -0.39 is 0 Å². The van der Waals surface area contributed by atoms with Crippen LogP contribution in [0.15, 0.2) is 36.7 Å². The topological polar surface area (TPSA) is 129 Å². The van der Waals surface area contributed by atoms with E-state index in [1.54, 1.807) is 36.7 Å². The number of nitrogen functional groups attached to an aromatic ring is 1. The maximum atomic E-state index is 12.0. The molecule has 0 atom stereocenters. The molecule has 1 aliphatic heterocycles. The smallest absolute Gasteiger partial charge is 0.319 e. The Hall–Kier alpha value is -3.11. The van der Waals surface area contributed by atoms with Crippen LogP contribution >= 0.6 is 12.4 Å². The van der Waals surface area contributed by atoms with E-state index in [1.165, 1.54) is 0 Å². The lowest BCUT2D eigenvalue weighted by Gasteiger charge is -2.37. The predicted molar refractivity (Wildman–Crippen MR) is 114 cm³/mol. The van der Waals surface area contributed by atoms with E-state index in [1.807, 2.05) is 6.92 Å². The minimum Gasteiger partial charge on any atom is -0.366 e. The lowest BCUT2D eigenvalue weighted by atomic mass is 10.1. The highest BCUT2D eigenvalue weighted by Gasteiger charge is 2.22. The Labute approximate surface area is 175 Å². The van der Waals surface area contributed by atoms with Crippen LogP contribution in [0.1, 0.15) is 17.3 Å². The lowest BCUT2D eigenvalue weighted by molar-refractivity contribution is 0.0953. The fourth-order valence-electron chi connectivity index (χ4n) is 3.05. The van der Waals surface area contributed by atoms with Gasteiger partial charge in [0.25, 0.3) is 5.91 Å². The van der Waals surface area contributed by atoms with Gasteiger partial charge in [0.05, 0.1) is 11.4 Å². The Morgan fingerprint density at radius 1 is 1.10 bits per heavy atom. The molecule has 0 aliphatic carbocycles. The van der Waals surface area contributed by atoms with E-state index in [9.17, 15) is 9.59 Å². The second-order valence-electron chi connectivity index (χ2n) is 6.21. The molecule has 0 spiro atoms. The molecule has 1 fully saturated rings. The molecule has 1 saturated heterocycles. The van der Waals surface area contributed by atoms with Gasteiger partial charge in [-0.2, -0.15) is 0 Å². The van der Waals surface area contributed by atoms with Crippen molar-refractivity contribution in [1.82, 2.24) is 20.7 Å². The van der Waals surface area contributed by atoms with Crippen molar-refractivity contribution in [3.8, 4) is 0 Å². The van der Waals surface area contributed by atoms with Gasteiger partial charge in [0.1, 0.15) is 0 Å². The number of hydrazine groups is 1. The highest BCUT2D eigenvalue weighted by Crippen LogP contribution is 2.29. The minimum atomic E-state index is -0.387. The number of rotatable bonds is 5. The molecule has 1 aromatic heterocycles. The first kappa shape index (κ1) is 22.2. The maximum Gasteiger partial charge on any atom is 0.319 e. The molecule has 0 saturated carbocycles. The Balaban J connectivity index is 0.00000300. The number of carbonyl (C=O) groups is 2. The van der Waals surface area contributed by atoms with Crippen molar-refractivity contribution in [1.29, 1.82) is 0 Å². The zero-order valence-electron chi connectivity index (χ0n) is 16.1. The summed E-state index contributed by atoms with van der Waals surface area (Å²) in [6.45, 7) is 5.19. The third kappa shape index (κ3) is 5.46. The number of hydrogen-bond acceptors (Lipinski definition) is 7. The standard InChI is InChI=1S/C18H24N8O2.ClH/c1-2-20-18(28)23-14-5-4-13(16(27)24-19)12-15(14)25-8-10-26(11-9-25)17-21-6-3-7-22-17;/h3-7,12H,2,8-11,19H2,1H3,(H,24,27)(H2,20,23,28);1H. The van der Waals surface area contributed by atoms with Crippen molar-refractivity contribution in [2.75, 3.05) is 47.8 Å². The highest BCUT2D eigenvalue weighted by molar-refractivity contribution is 5.98. The molecular formula is C18H25ClN8O2. The van der Waals surface area contributed by atoms with Gasteiger partial charge in [-0.05, 0) is 31.2 Å². The number of amides is 3. The first-order valence-electron chi connectivity index (χ1n) is 9.09. The van der Waals surface area contributed by atoms with Crippen LogP contribution in [0.4, 0.5) is 22.1 Å². The fraction of sp³-hybridized carbons (Fsp3) is 0.333. The van der Waals surface area contributed by atoms with Crippen LogP contribution in [0.5, 0.6) is 0 Å². The van der Waals surface area contributed by atoms with Crippen LogP contribution in [0.3, 0.4) is 0 Å². The molecule has 1 aromatic carbocycles. The van der Waals surface area contributed by atoms with Gasteiger partial charge in [0.15, 0.2) is 0 Å². The summed E-state index contributed by atoms with van der Waals surface area (Å²) in [4.78, 5) is 36.7. The number of hydrogen-bond donors (Lipinski definition) is 4. The molecule has 5 N–H and O–H groups in total. The largest absolute Gasteiger partial charge is 0.366 e. The minimum absolute atomic E-state index is 0. The molecule has 11 heteroatoms. The molecule has 3 amide bonds. The first-order chi connectivity index (χ1) is 13.6. The molecule has 1 aliphatic rings. The van der Waals surface area contributed by atoms with Gasteiger partial charge in [-0.25, -0.2) is 20.6 Å². The Morgan fingerprint density at radius 3 is 2.38 bits per heavy atom. The molecular weight excluding hydrogens is 396 g/mol. The van der Waals surface area contributed by atoms with Crippen molar-refractivity contribution in [3.63, 3.8) is 0 Å². The molecule has 0 unspecified atom stereocenters. The zero-order chi connectivity index (χ0) is 19.9. The summed E-state index contributed by atoms with van der Waals surface area (Å²) in [6, 6.07) is 6.56. The Bertz CT molecular complexity index is 828. The number of anilines is 3. The van der Waals surface area contributed by atoms with Crippen molar-refractivity contribution >= 4 is 41.7 Å². The van der Waals surface area contributed by atoms with E-state index in [2.05, 4.69) is 35.8 Å². The van der Waals surface area contributed by atoms with Crippen LogP contribution in [-0.2, 0) is 0 Å². The number of urea groups is 1. The van der Waals surface area contributed by atoms with Gasteiger partial charge >= 0.3 is 6.03 Å². The number of nitrogens with two attached hydrogens (primary N) is 1. The number of aromatic nitrogens is 2. The monoisotopic (exact) mass is 420 g/mol. The maximum absolute atomic E-state index is 12.0. The van der Waals surface area contributed by atoms with Crippen LogP contribution in [-0.4, -0.2) is 54.6 Å². The molecule has 156 valence electrons. The average Bonchev–Trinajstić information content (AvgIpc) is 2.74. The average molecular weight is 421 g/mol. The molecule has 29 heavy (non-hydrogen) atoms. The van der Waals surface area contributed by atoms with Crippen molar-refractivity contribution in [2.24, 2.45) is 5.84 Å². The Morgan fingerprint density at radius 2 is 1.76 bits per heavy atom. The molecule has 0 radical (unpaired) electrons. The summed E-state index contributed by atoms with van der Waals surface area (Å²) in [5.41, 5.74) is 3.96. The number of nitrogens with one attached hydrogen (secondary N) is 3. The summed E-state index contributed by atoms with van der Waals surface area (Å²) in [5, 5.41) is 5.55. The van der Waals surface area contributed by atoms with E-state index in [-0.39, 0.29) is 24.3 Å². The summed E-state index contributed by atoms with van der Waals surface area (Å²) in [7, 11) is 0. The normalized spacial score (nSPS) is 13.3. The quantitative estimate of drug-likeness (QED) is 0.322. The highest BCUT2D eigenvalue weighted by atomic mass is 35.5. The van der Waals surface area contributed by atoms with Crippen molar-refractivity contribution in [2.45, 2.75) is 6.92 Å². The van der Waals surface area contributed by atoms with Crippen molar-refractivity contribution < 1.29 is 9.59 Å². The molecule has 2 aromatic rings. The number of carbonyl (C=O) groups excluding carboxylic acids is 2. The van der Waals surface area contributed by atoms with Crippen molar-refractivity contribution in [3.05, 3.63) is 42.2 Å². The van der Waals surface area contributed by atoms with Gasteiger partial charge in [-0.1, -0.05) is 0 Å². The van der Waals surface area contributed by atoms with E-state index >= 15 is 0 Å². The van der Waals surface area contributed by atoms with Crippen LogP contribution in [0, 0.1) is 0 Å². The van der Waals surface area contributed by atoms with Gasteiger partial charge < -0.3 is 20.4 Å². The van der Waals surface area contributed by atoms with E-state index in [0.717, 1.165) is 18.8 Å². The first-order valence-corrected chi connectivity index (χ1v) is 9.09. The predicted octanol–water partition coefficient (Wildman–Crippen LogP) is 0.970. The van der Waals surface area contributed by atoms with Crippen LogP contribution < -0.4 is 31.7 Å². The van der Waals surface area contributed by atoms with Gasteiger partial charge in [0, 0.05) is 50.7 Å². The molecule has 0 bridgehead atoms. The number of halogens is 1. The zero-order valence-corrected chi connectivity index (χ0v) is 16.9. The van der Waals surface area contributed by atoms with E-state index in [0.29, 0.717) is 36.8 Å². The molecule has 2 heterocycles. The van der Waals surface area contributed by atoms with Gasteiger partial charge in [-0.3, -0.25) is 10.2 Å². The second-order valence-corrected chi connectivity index (χ2v) is 6.21. The second kappa shape index (κ2) is 10.4. The summed E-state index contributed by atoms with van der Waals surface area (Å²) < 4.78 is 0. The number of benzene rings is 1. The molecule has 10 nitrogen and oxygen atoms in total. The fourth-order valence-corrected chi connectivity index (χ4v) is 3.05. The summed E-state index contributed by atoms with van der Waals surface area (Å²) >= 11 is 0. The lowest BCUT2D eigenvalue weighted by Crippen LogP contribution is -2.47. The van der Waals surface area contributed by atoms with Crippen LogP contribution in [0.25, 0.3) is 0 Å². The SMILES string of the molecule is CCNC(=O)Nc1ccc(C(=O)NN)cc1N1CCN(c2ncccn2)CC1.Cl. The third-order valence-corrected chi connectivity index (χ3v) is 4.43. The molecule has 3 rings (SSSR count). The van der Waals surface area contributed by atoms with Crippen LogP contribution in [0.2, 0.25) is 0 Å². The third-order valence-electron chi connectivity index (χ3n) is 4.43. The van der Waals surface area contributed by atoms with E-state index in [4.69, 9.17) is 5.84 Å². The van der Waals surface area contributed by atoms with Gasteiger partial charge in [0.2, 0.25) is 5.95 Å². The number of piperazine rings is 1.